The largest absolute Gasteiger partial charge is 0.391 e. The molecule has 166 valence electrons. The van der Waals surface area contributed by atoms with E-state index in [4.69, 9.17) is 0 Å². The van der Waals surface area contributed by atoms with Crippen molar-refractivity contribution in [3.63, 3.8) is 0 Å². The molecule has 0 bridgehead atoms. The van der Waals surface area contributed by atoms with Crippen LogP contribution < -0.4 is 10.6 Å². The minimum Gasteiger partial charge on any atom is -0.391 e. The van der Waals surface area contributed by atoms with Crippen LogP contribution in [-0.4, -0.2) is 76.4 Å². The molecule has 0 fully saturated rings. The first-order valence-electron chi connectivity index (χ1n) is 9.64. The number of nitrogens with one attached hydrogen (secondary N) is 2. The molecule has 0 heterocycles. The van der Waals surface area contributed by atoms with Crippen molar-refractivity contribution in [1.29, 1.82) is 0 Å². The van der Waals surface area contributed by atoms with E-state index in [1.54, 1.807) is 12.1 Å². The molecule has 0 unspecified atom stereocenters. The highest BCUT2D eigenvalue weighted by atomic mass is 16.3. The van der Waals surface area contributed by atoms with Gasteiger partial charge in [0, 0.05) is 19.8 Å². The van der Waals surface area contributed by atoms with Crippen LogP contribution >= 0.6 is 0 Å². The van der Waals surface area contributed by atoms with E-state index in [9.17, 15) is 29.7 Å². The fraction of sp³-hybridized carbons (Fsp3) is 0.318. The SMILES string of the molecule is C[C@H](O)[C@@H](NC(=O)[C@H](O)[C@@H](O)C(=O)N(C)C)C(=O)Nc1ccc(-c2ccccc2)cc1. The number of hydrogen-bond donors (Lipinski definition) is 5. The molecule has 0 radical (unpaired) electrons. The van der Waals surface area contributed by atoms with Gasteiger partial charge in [0.15, 0.2) is 12.2 Å². The monoisotopic (exact) mass is 429 g/mol. The van der Waals surface area contributed by atoms with Gasteiger partial charge in [0.05, 0.1) is 6.10 Å². The normalized spacial score (nSPS) is 14.6. The van der Waals surface area contributed by atoms with Crippen molar-refractivity contribution in [2.75, 3.05) is 19.4 Å². The predicted octanol–water partition coefficient (Wildman–Crippen LogP) is -0.0323. The highest BCUT2D eigenvalue weighted by Crippen LogP contribution is 2.21. The molecule has 2 aromatic rings. The molecule has 4 atom stereocenters. The van der Waals surface area contributed by atoms with Gasteiger partial charge < -0.3 is 30.9 Å². The molecule has 2 rings (SSSR count). The number of aliphatic hydroxyl groups excluding tert-OH is 3. The number of nitrogens with zero attached hydrogens (tertiary/aromatic N) is 1. The number of aliphatic hydroxyl groups is 3. The zero-order valence-electron chi connectivity index (χ0n) is 17.5. The molecule has 2 aromatic carbocycles. The Hall–Kier alpha value is -3.27. The number of carbonyl (C=O) groups excluding carboxylic acids is 3. The zero-order valence-corrected chi connectivity index (χ0v) is 17.5. The highest BCUT2D eigenvalue weighted by Gasteiger charge is 2.34. The first-order valence-corrected chi connectivity index (χ1v) is 9.64. The molecule has 9 nitrogen and oxygen atoms in total. The Labute approximate surface area is 180 Å². The molecule has 0 aliphatic carbocycles. The number of likely N-dealkylation sites (N-methyl/N-ethyl adjacent to an activating group) is 1. The zero-order chi connectivity index (χ0) is 23.1. The van der Waals surface area contributed by atoms with E-state index >= 15 is 0 Å². The van der Waals surface area contributed by atoms with Crippen LogP contribution in [0.3, 0.4) is 0 Å². The van der Waals surface area contributed by atoms with Gasteiger partial charge in [0.2, 0.25) is 5.91 Å². The Balaban J connectivity index is 2.05. The average molecular weight is 429 g/mol. The fourth-order valence-electron chi connectivity index (χ4n) is 2.78. The van der Waals surface area contributed by atoms with Gasteiger partial charge in [-0.2, -0.15) is 0 Å². The lowest BCUT2D eigenvalue weighted by atomic mass is 10.1. The van der Waals surface area contributed by atoms with Crippen LogP contribution in [0.1, 0.15) is 6.92 Å². The Morgan fingerprint density at radius 2 is 1.35 bits per heavy atom. The van der Waals surface area contributed by atoms with Crippen LogP contribution in [0.2, 0.25) is 0 Å². The van der Waals surface area contributed by atoms with E-state index in [0.717, 1.165) is 16.0 Å². The van der Waals surface area contributed by atoms with Crippen LogP contribution in [0.15, 0.2) is 54.6 Å². The number of rotatable bonds is 8. The summed E-state index contributed by atoms with van der Waals surface area (Å²) < 4.78 is 0. The molecule has 3 amide bonds. The Kier molecular flexibility index (Phi) is 8.26. The number of anilines is 1. The van der Waals surface area contributed by atoms with Crippen molar-refractivity contribution in [3.05, 3.63) is 54.6 Å². The summed E-state index contributed by atoms with van der Waals surface area (Å²) in [6.07, 6.45) is -5.41. The molecule has 0 saturated carbocycles. The smallest absolute Gasteiger partial charge is 0.254 e. The molecule has 0 saturated heterocycles. The summed E-state index contributed by atoms with van der Waals surface area (Å²) in [5.74, 6) is -2.76. The van der Waals surface area contributed by atoms with Crippen LogP contribution in [-0.2, 0) is 14.4 Å². The first kappa shape index (κ1) is 24.0. The summed E-state index contributed by atoms with van der Waals surface area (Å²) in [5.41, 5.74) is 2.39. The van der Waals surface area contributed by atoms with Crippen LogP contribution in [0.4, 0.5) is 5.69 Å². The van der Waals surface area contributed by atoms with E-state index < -0.39 is 42.1 Å². The summed E-state index contributed by atoms with van der Waals surface area (Å²) >= 11 is 0. The van der Waals surface area contributed by atoms with Gasteiger partial charge in [0.25, 0.3) is 11.8 Å². The van der Waals surface area contributed by atoms with Crippen molar-refractivity contribution < 1.29 is 29.7 Å². The van der Waals surface area contributed by atoms with E-state index in [2.05, 4.69) is 10.6 Å². The third-order valence-electron chi connectivity index (χ3n) is 4.58. The molecular weight excluding hydrogens is 402 g/mol. The van der Waals surface area contributed by atoms with Crippen LogP contribution in [0, 0.1) is 0 Å². The molecule has 0 aromatic heterocycles. The van der Waals surface area contributed by atoms with Gasteiger partial charge in [-0.05, 0) is 30.2 Å². The van der Waals surface area contributed by atoms with Crippen LogP contribution in [0.5, 0.6) is 0 Å². The summed E-state index contributed by atoms with van der Waals surface area (Å²) in [6, 6.07) is 15.2. The standard InChI is InChI=1S/C22H27N3O6/c1-13(26)17(24-21(30)18(27)19(28)22(31)25(2)3)20(29)23-16-11-9-15(10-12-16)14-7-5-4-6-8-14/h4-13,17-19,26-28H,1-3H3,(H,23,29)(H,24,30)/t13-,17+,18+,19+/m0/s1. The first-order chi connectivity index (χ1) is 14.6. The van der Waals surface area contributed by atoms with Crippen molar-refractivity contribution in [3.8, 4) is 11.1 Å². The Morgan fingerprint density at radius 1 is 0.806 bits per heavy atom. The molecular formula is C22H27N3O6. The summed E-state index contributed by atoms with van der Waals surface area (Å²) in [7, 11) is 2.70. The van der Waals surface area contributed by atoms with Gasteiger partial charge in [-0.1, -0.05) is 42.5 Å². The highest BCUT2D eigenvalue weighted by molar-refractivity contribution is 5.99. The van der Waals surface area contributed by atoms with Gasteiger partial charge in [-0.15, -0.1) is 0 Å². The maximum Gasteiger partial charge on any atom is 0.254 e. The topological polar surface area (TPSA) is 139 Å². The van der Waals surface area contributed by atoms with E-state index in [0.29, 0.717) is 5.69 Å². The molecule has 0 spiro atoms. The summed E-state index contributed by atoms with van der Waals surface area (Å²) in [5, 5.41) is 34.4. The minimum atomic E-state index is -2.10. The third-order valence-corrected chi connectivity index (χ3v) is 4.58. The number of benzene rings is 2. The fourth-order valence-corrected chi connectivity index (χ4v) is 2.78. The average Bonchev–Trinajstić information content (AvgIpc) is 2.76. The van der Waals surface area contributed by atoms with Crippen molar-refractivity contribution in [2.45, 2.75) is 31.3 Å². The molecule has 5 N–H and O–H groups in total. The molecule has 0 aliphatic heterocycles. The maximum absolute atomic E-state index is 12.6. The second-order valence-corrected chi connectivity index (χ2v) is 7.28. The van der Waals surface area contributed by atoms with Crippen molar-refractivity contribution in [1.82, 2.24) is 10.2 Å². The van der Waals surface area contributed by atoms with Gasteiger partial charge in [-0.25, -0.2) is 0 Å². The van der Waals surface area contributed by atoms with Gasteiger partial charge in [-0.3, -0.25) is 14.4 Å². The van der Waals surface area contributed by atoms with Crippen molar-refractivity contribution in [2.24, 2.45) is 0 Å². The molecule has 9 heteroatoms. The van der Waals surface area contributed by atoms with E-state index in [1.807, 2.05) is 42.5 Å². The lowest BCUT2D eigenvalue weighted by molar-refractivity contribution is -0.152. The molecule has 0 aliphatic rings. The quantitative estimate of drug-likeness (QED) is 0.399. The van der Waals surface area contributed by atoms with Crippen molar-refractivity contribution >= 4 is 23.4 Å². The van der Waals surface area contributed by atoms with E-state index in [1.165, 1.54) is 21.0 Å². The minimum absolute atomic E-state index is 0.438. The number of hydrogen-bond acceptors (Lipinski definition) is 6. The van der Waals surface area contributed by atoms with Gasteiger partial charge in [0.1, 0.15) is 6.04 Å². The predicted molar refractivity (Wildman–Crippen MR) is 115 cm³/mol. The number of amides is 3. The second-order valence-electron chi connectivity index (χ2n) is 7.28. The lowest BCUT2D eigenvalue weighted by Crippen LogP contribution is -2.56. The lowest BCUT2D eigenvalue weighted by Gasteiger charge is -2.24. The van der Waals surface area contributed by atoms with Crippen LogP contribution in [0.25, 0.3) is 11.1 Å². The maximum atomic E-state index is 12.6. The number of carbonyl (C=O) groups is 3. The summed E-state index contributed by atoms with van der Waals surface area (Å²) in [4.78, 5) is 37.5. The second kappa shape index (κ2) is 10.7. The Bertz CT molecular complexity index is 899. The Morgan fingerprint density at radius 3 is 1.87 bits per heavy atom. The molecule has 31 heavy (non-hydrogen) atoms. The van der Waals surface area contributed by atoms with E-state index in [-0.39, 0.29) is 0 Å². The third kappa shape index (κ3) is 6.35. The summed E-state index contributed by atoms with van der Waals surface area (Å²) in [6.45, 7) is 1.29. The van der Waals surface area contributed by atoms with Gasteiger partial charge >= 0.3 is 0 Å².